The molecule has 0 spiro atoms. The monoisotopic (exact) mass is 469 g/mol. The van der Waals surface area contributed by atoms with Gasteiger partial charge in [-0.25, -0.2) is 0 Å². The Morgan fingerprint density at radius 3 is 2.50 bits per heavy atom. The van der Waals surface area contributed by atoms with Crippen LogP contribution in [0.2, 0.25) is 0 Å². The van der Waals surface area contributed by atoms with Crippen molar-refractivity contribution in [2.45, 2.75) is 118 Å². The first kappa shape index (κ1) is 24.8. The van der Waals surface area contributed by atoms with Crippen molar-refractivity contribution in [2.75, 3.05) is 13.1 Å². The van der Waals surface area contributed by atoms with Crippen LogP contribution in [-0.2, 0) is 4.79 Å². The molecule has 0 aromatic rings. The van der Waals surface area contributed by atoms with Gasteiger partial charge in [0.2, 0.25) is 5.91 Å². The summed E-state index contributed by atoms with van der Waals surface area (Å²) in [6.07, 6.45) is 16.4. The van der Waals surface area contributed by atoms with Crippen molar-refractivity contribution in [3.05, 3.63) is 11.6 Å². The van der Waals surface area contributed by atoms with Crippen molar-refractivity contribution in [3.8, 4) is 0 Å². The van der Waals surface area contributed by atoms with Gasteiger partial charge in [0.25, 0.3) is 0 Å². The number of rotatable bonds is 4. The smallest absolute Gasteiger partial charge is 0.222 e. The minimum Gasteiger partial charge on any atom is -0.393 e. The molecule has 5 aliphatic rings. The number of allylic oxidation sites excluding steroid dienone is 1. The van der Waals surface area contributed by atoms with Crippen LogP contribution in [0, 0.1) is 45.8 Å². The van der Waals surface area contributed by atoms with Gasteiger partial charge in [-0.05, 0) is 116 Å². The maximum absolute atomic E-state index is 13.0. The molecule has 0 bridgehead atoms. The van der Waals surface area contributed by atoms with E-state index in [0.717, 1.165) is 75.3 Å². The number of carbonyl (C=O) groups excluding carboxylic acids is 1. The van der Waals surface area contributed by atoms with Crippen LogP contribution >= 0.6 is 0 Å². The first-order valence-electron chi connectivity index (χ1n) is 14.7. The van der Waals surface area contributed by atoms with E-state index in [0.29, 0.717) is 28.1 Å². The van der Waals surface area contributed by atoms with Crippen molar-refractivity contribution in [2.24, 2.45) is 45.8 Å². The molecule has 1 aliphatic heterocycles. The summed E-state index contributed by atoms with van der Waals surface area (Å²) in [7, 11) is 0. The first-order valence-corrected chi connectivity index (χ1v) is 14.7. The molecule has 1 heterocycles. The Balaban J connectivity index is 1.22. The lowest BCUT2D eigenvalue weighted by Crippen LogP contribution is -2.50. The minimum atomic E-state index is -0.111. The molecule has 3 heteroatoms. The van der Waals surface area contributed by atoms with E-state index in [1.54, 1.807) is 5.57 Å². The zero-order chi connectivity index (χ0) is 24.3. The average Bonchev–Trinajstić information content (AvgIpc) is 3.15. The van der Waals surface area contributed by atoms with Crippen LogP contribution < -0.4 is 0 Å². The predicted molar refractivity (Wildman–Crippen MR) is 139 cm³/mol. The summed E-state index contributed by atoms with van der Waals surface area (Å²) in [6.45, 7) is 14.2. The fraction of sp³-hybridized carbons (Fsp3) is 0.903. The third kappa shape index (κ3) is 4.20. The van der Waals surface area contributed by atoms with Gasteiger partial charge >= 0.3 is 0 Å². The van der Waals surface area contributed by atoms with Crippen LogP contribution in [-0.4, -0.2) is 35.1 Å². The van der Waals surface area contributed by atoms with E-state index in [9.17, 15) is 9.90 Å². The number of hydrogen-bond acceptors (Lipinski definition) is 2. The van der Waals surface area contributed by atoms with Gasteiger partial charge in [-0.15, -0.1) is 0 Å². The Labute approximate surface area is 209 Å². The van der Waals surface area contributed by atoms with Crippen LogP contribution in [0.1, 0.15) is 112 Å². The van der Waals surface area contributed by atoms with Crippen molar-refractivity contribution < 1.29 is 9.90 Å². The zero-order valence-corrected chi connectivity index (χ0v) is 22.7. The first-order chi connectivity index (χ1) is 16.0. The van der Waals surface area contributed by atoms with Gasteiger partial charge in [0.05, 0.1) is 6.10 Å². The number of carbonyl (C=O) groups is 1. The Hall–Kier alpha value is -0.830. The Kier molecular flexibility index (Phi) is 6.52. The molecular weight excluding hydrogens is 418 g/mol. The summed E-state index contributed by atoms with van der Waals surface area (Å²) in [5, 5.41) is 10.3. The summed E-state index contributed by atoms with van der Waals surface area (Å²) in [6, 6.07) is 0. The van der Waals surface area contributed by atoms with Gasteiger partial charge in [0.1, 0.15) is 0 Å². The summed E-state index contributed by atoms with van der Waals surface area (Å²) in [4.78, 5) is 15.1. The second-order valence-electron chi connectivity index (χ2n) is 14.4. The lowest BCUT2D eigenvalue weighted by Gasteiger charge is -2.58. The molecule has 0 aromatic carbocycles. The summed E-state index contributed by atoms with van der Waals surface area (Å²) < 4.78 is 0. The summed E-state index contributed by atoms with van der Waals surface area (Å²) >= 11 is 0. The van der Waals surface area contributed by atoms with E-state index in [-0.39, 0.29) is 6.10 Å². The fourth-order valence-corrected chi connectivity index (χ4v) is 9.69. The Morgan fingerprint density at radius 2 is 1.76 bits per heavy atom. The number of likely N-dealkylation sites (tertiary alicyclic amines) is 1. The molecule has 1 saturated heterocycles. The van der Waals surface area contributed by atoms with Gasteiger partial charge in [0.15, 0.2) is 0 Å². The number of nitrogens with zero attached hydrogens (tertiary/aromatic N) is 1. The molecule has 0 aromatic heterocycles. The molecule has 1 amide bonds. The highest BCUT2D eigenvalue weighted by Gasteiger charge is 2.59. The predicted octanol–water partition coefficient (Wildman–Crippen LogP) is 6.99. The van der Waals surface area contributed by atoms with Crippen LogP contribution in [0.15, 0.2) is 11.6 Å². The maximum Gasteiger partial charge on any atom is 0.222 e. The van der Waals surface area contributed by atoms with Crippen molar-refractivity contribution >= 4 is 5.91 Å². The van der Waals surface area contributed by atoms with Crippen LogP contribution in [0.3, 0.4) is 0 Å². The lowest BCUT2D eigenvalue weighted by molar-refractivity contribution is -0.133. The summed E-state index contributed by atoms with van der Waals surface area (Å²) in [5.41, 5.74) is 2.77. The largest absolute Gasteiger partial charge is 0.393 e. The van der Waals surface area contributed by atoms with E-state index in [2.05, 4.69) is 45.6 Å². The Morgan fingerprint density at radius 1 is 1.03 bits per heavy atom. The van der Waals surface area contributed by atoms with Gasteiger partial charge in [-0.1, -0.05) is 46.3 Å². The van der Waals surface area contributed by atoms with E-state index >= 15 is 0 Å². The molecule has 4 fully saturated rings. The fourth-order valence-electron chi connectivity index (χ4n) is 9.69. The van der Waals surface area contributed by atoms with Crippen LogP contribution in [0.5, 0.6) is 0 Å². The number of amides is 1. The minimum absolute atomic E-state index is 0.111. The number of fused-ring (bicyclic) bond motifs is 5. The molecule has 8 atom stereocenters. The molecule has 4 aliphatic carbocycles. The SMILES string of the molecule is C[C@H](CCC(=O)N1CCC(C)(C)CC1)[C@H]1CCC2[C@@H]3CC=C4C[C@@H](O)CC[C@]4(C)C3CC[C@@]21C. The number of aliphatic hydroxyl groups excluding tert-OH is 1. The van der Waals surface area contributed by atoms with Gasteiger partial charge in [-0.3, -0.25) is 4.79 Å². The average molecular weight is 470 g/mol. The highest BCUT2D eigenvalue weighted by atomic mass is 16.3. The molecule has 34 heavy (non-hydrogen) atoms. The standard InChI is InChI=1S/C31H51NO2/c1-21(6-11-28(34)32-18-16-29(2,3)17-19-32)25-9-10-26-24-8-7-22-20-23(33)12-14-30(22,4)27(24)13-15-31(25,26)5/h7,21,23-27,33H,6,8-20H2,1-5H3/t21-,23+,24+,25-,26?,27?,30+,31-/m1/s1. The third-order valence-corrected chi connectivity index (χ3v) is 12.1. The normalized spacial score (nSPS) is 44.5. The number of aliphatic hydroxyl groups is 1. The quantitative estimate of drug-likeness (QED) is 0.451. The van der Waals surface area contributed by atoms with Crippen molar-refractivity contribution in [1.82, 2.24) is 4.90 Å². The molecule has 3 saturated carbocycles. The van der Waals surface area contributed by atoms with Gasteiger partial charge in [-0.2, -0.15) is 0 Å². The molecule has 1 N–H and O–H groups in total. The number of piperidine rings is 1. The maximum atomic E-state index is 13.0. The van der Waals surface area contributed by atoms with Crippen LogP contribution in [0.4, 0.5) is 0 Å². The van der Waals surface area contributed by atoms with E-state index in [1.807, 2.05) is 0 Å². The number of hydrogen-bond donors (Lipinski definition) is 1. The molecule has 0 radical (unpaired) electrons. The third-order valence-electron chi connectivity index (χ3n) is 12.1. The zero-order valence-electron chi connectivity index (χ0n) is 22.7. The van der Waals surface area contributed by atoms with Gasteiger partial charge < -0.3 is 10.0 Å². The van der Waals surface area contributed by atoms with E-state index in [4.69, 9.17) is 0 Å². The van der Waals surface area contributed by atoms with E-state index < -0.39 is 0 Å². The Bertz CT molecular complexity index is 806. The summed E-state index contributed by atoms with van der Waals surface area (Å²) in [5.74, 6) is 4.32. The molecule has 5 rings (SSSR count). The topological polar surface area (TPSA) is 40.5 Å². The highest BCUT2D eigenvalue weighted by Crippen LogP contribution is 2.67. The second kappa shape index (κ2) is 8.93. The molecular formula is C31H51NO2. The van der Waals surface area contributed by atoms with Crippen molar-refractivity contribution in [1.29, 1.82) is 0 Å². The molecule has 2 unspecified atom stereocenters. The lowest BCUT2D eigenvalue weighted by atomic mass is 9.47. The van der Waals surface area contributed by atoms with Crippen molar-refractivity contribution in [3.63, 3.8) is 0 Å². The van der Waals surface area contributed by atoms with E-state index in [1.165, 1.54) is 38.5 Å². The highest BCUT2D eigenvalue weighted by molar-refractivity contribution is 5.76. The molecule has 192 valence electrons. The van der Waals surface area contributed by atoms with Gasteiger partial charge in [0, 0.05) is 19.5 Å². The van der Waals surface area contributed by atoms with Crippen LogP contribution in [0.25, 0.3) is 0 Å². The second-order valence-corrected chi connectivity index (χ2v) is 14.4. The molecule has 3 nitrogen and oxygen atoms in total.